The van der Waals surface area contributed by atoms with Crippen molar-refractivity contribution in [1.29, 1.82) is 0 Å². The van der Waals surface area contributed by atoms with Gasteiger partial charge in [-0.05, 0) is 19.9 Å². The van der Waals surface area contributed by atoms with Gasteiger partial charge in [0.05, 0.1) is 31.4 Å². The second-order valence-electron chi connectivity index (χ2n) is 6.01. The molecular formula is C17H22N4O3. The number of nitrogens with one attached hydrogen (secondary N) is 1. The molecule has 128 valence electrons. The van der Waals surface area contributed by atoms with Crippen molar-refractivity contribution in [1.82, 2.24) is 14.9 Å². The summed E-state index contributed by atoms with van der Waals surface area (Å²) in [5, 5.41) is 3.98. The van der Waals surface area contributed by atoms with Crippen LogP contribution in [0.2, 0.25) is 0 Å². The maximum atomic E-state index is 12.8. The molecule has 2 aromatic rings. The minimum absolute atomic E-state index is 0.0542. The molecule has 7 heteroatoms. The highest BCUT2D eigenvalue weighted by Gasteiger charge is 2.22. The predicted molar refractivity (Wildman–Crippen MR) is 91.6 cm³/mol. The number of morpholine rings is 1. The van der Waals surface area contributed by atoms with Gasteiger partial charge in [-0.1, -0.05) is 0 Å². The number of nitrogens with zero attached hydrogens (tertiary/aromatic N) is 3. The highest BCUT2D eigenvalue weighted by molar-refractivity contribution is 6.01. The third-order valence-corrected chi connectivity index (χ3v) is 3.85. The van der Waals surface area contributed by atoms with E-state index in [0.717, 1.165) is 10.9 Å². The van der Waals surface area contributed by atoms with Crippen LogP contribution in [-0.4, -0.2) is 60.2 Å². The SMILES string of the molecule is COc1cc2nc(NC(C)C)ncc2cc1C(=O)N1CCOCC1. The van der Waals surface area contributed by atoms with Crippen LogP contribution in [0.3, 0.4) is 0 Å². The number of rotatable bonds is 4. The van der Waals surface area contributed by atoms with Gasteiger partial charge in [-0.25, -0.2) is 9.97 Å². The smallest absolute Gasteiger partial charge is 0.257 e. The molecule has 0 saturated carbocycles. The third kappa shape index (κ3) is 3.41. The van der Waals surface area contributed by atoms with Crippen molar-refractivity contribution in [2.75, 3.05) is 38.7 Å². The number of benzene rings is 1. The molecule has 3 rings (SSSR count). The largest absolute Gasteiger partial charge is 0.496 e. The molecule has 1 aromatic carbocycles. The molecule has 0 unspecified atom stereocenters. The monoisotopic (exact) mass is 330 g/mol. The lowest BCUT2D eigenvalue weighted by atomic mass is 10.1. The summed E-state index contributed by atoms with van der Waals surface area (Å²) < 4.78 is 10.7. The molecule has 1 N–H and O–H groups in total. The third-order valence-electron chi connectivity index (χ3n) is 3.85. The van der Waals surface area contributed by atoms with Crippen molar-refractivity contribution in [3.63, 3.8) is 0 Å². The van der Waals surface area contributed by atoms with Gasteiger partial charge in [-0.15, -0.1) is 0 Å². The molecule has 1 amide bonds. The number of hydrogen-bond acceptors (Lipinski definition) is 6. The molecule has 7 nitrogen and oxygen atoms in total. The summed E-state index contributed by atoms with van der Waals surface area (Å²) in [5.74, 6) is 1.03. The lowest BCUT2D eigenvalue weighted by Crippen LogP contribution is -2.40. The van der Waals surface area contributed by atoms with E-state index in [1.165, 1.54) is 0 Å². The Bertz CT molecular complexity index is 742. The molecule has 1 aromatic heterocycles. The van der Waals surface area contributed by atoms with E-state index in [-0.39, 0.29) is 11.9 Å². The number of aromatic nitrogens is 2. The number of methoxy groups -OCH3 is 1. The fourth-order valence-corrected chi connectivity index (χ4v) is 2.66. The van der Waals surface area contributed by atoms with Gasteiger partial charge in [0.15, 0.2) is 0 Å². The standard InChI is InChI=1S/C17H22N4O3/c1-11(2)19-17-18-10-12-8-13(15(23-3)9-14(12)20-17)16(22)21-4-6-24-7-5-21/h8-11H,4-7H2,1-3H3,(H,18,19,20). The number of carbonyl (C=O) groups is 1. The van der Waals surface area contributed by atoms with Gasteiger partial charge in [-0.3, -0.25) is 4.79 Å². The summed E-state index contributed by atoms with van der Waals surface area (Å²) in [6, 6.07) is 3.83. The fraction of sp³-hybridized carbons (Fsp3) is 0.471. The maximum absolute atomic E-state index is 12.8. The molecule has 1 saturated heterocycles. The summed E-state index contributed by atoms with van der Waals surface area (Å²) in [7, 11) is 1.56. The van der Waals surface area contributed by atoms with Crippen molar-refractivity contribution < 1.29 is 14.3 Å². The molecule has 0 radical (unpaired) electrons. The van der Waals surface area contributed by atoms with Gasteiger partial charge in [0.2, 0.25) is 5.95 Å². The topological polar surface area (TPSA) is 76.6 Å². The number of anilines is 1. The van der Waals surface area contributed by atoms with Gasteiger partial charge < -0.3 is 19.7 Å². The van der Waals surface area contributed by atoms with Gasteiger partial charge >= 0.3 is 0 Å². The lowest BCUT2D eigenvalue weighted by molar-refractivity contribution is 0.0301. The van der Waals surface area contributed by atoms with Crippen LogP contribution in [0, 0.1) is 0 Å². The van der Waals surface area contributed by atoms with Gasteiger partial charge in [0.25, 0.3) is 5.91 Å². The molecule has 0 atom stereocenters. The molecule has 1 fully saturated rings. The Balaban J connectivity index is 1.97. The lowest BCUT2D eigenvalue weighted by Gasteiger charge is -2.27. The van der Waals surface area contributed by atoms with E-state index < -0.39 is 0 Å². The van der Waals surface area contributed by atoms with Crippen LogP contribution in [-0.2, 0) is 4.74 Å². The van der Waals surface area contributed by atoms with Crippen molar-refractivity contribution in [3.8, 4) is 5.75 Å². The predicted octanol–water partition coefficient (Wildman–Crippen LogP) is 1.93. The Labute approximate surface area is 141 Å². The molecule has 0 aliphatic carbocycles. The number of carbonyl (C=O) groups excluding carboxylic acids is 1. The zero-order valence-corrected chi connectivity index (χ0v) is 14.2. The van der Waals surface area contributed by atoms with Crippen molar-refractivity contribution in [2.45, 2.75) is 19.9 Å². The van der Waals surface area contributed by atoms with E-state index >= 15 is 0 Å². The zero-order chi connectivity index (χ0) is 17.1. The highest BCUT2D eigenvalue weighted by atomic mass is 16.5. The van der Waals surface area contributed by atoms with E-state index in [4.69, 9.17) is 9.47 Å². The summed E-state index contributed by atoms with van der Waals surface area (Å²) in [6.07, 6.45) is 1.72. The minimum Gasteiger partial charge on any atom is -0.496 e. The van der Waals surface area contributed by atoms with E-state index in [0.29, 0.717) is 43.6 Å². The van der Waals surface area contributed by atoms with E-state index in [9.17, 15) is 4.79 Å². The van der Waals surface area contributed by atoms with E-state index in [1.807, 2.05) is 13.8 Å². The second kappa shape index (κ2) is 7.00. The fourth-order valence-electron chi connectivity index (χ4n) is 2.66. The van der Waals surface area contributed by atoms with Crippen LogP contribution in [0.1, 0.15) is 24.2 Å². The molecular weight excluding hydrogens is 308 g/mol. The Morgan fingerprint density at radius 2 is 2.08 bits per heavy atom. The van der Waals surface area contributed by atoms with Crippen molar-refractivity contribution >= 4 is 22.8 Å². The van der Waals surface area contributed by atoms with Crippen LogP contribution in [0.15, 0.2) is 18.3 Å². The van der Waals surface area contributed by atoms with Gasteiger partial charge in [-0.2, -0.15) is 0 Å². The first kappa shape index (κ1) is 16.4. The zero-order valence-electron chi connectivity index (χ0n) is 14.2. The van der Waals surface area contributed by atoms with Crippen molar-refractivity contribution in [2.24, 2.45) is 0 Å². The summed E-state index contributed by atoms with van der Waals surface area (Å²) in [6.45, 7) is 6.36. The molecule has 0 spiro atoms. The molecule has 0 bridgehead atoms. The first-order valence-electron chi connectivity index (χ1n) is 8.07. The second-order valence-corrected chi connectivity index (χ2v) is 6.01. The van der Waals surface area contributed by atoms with E-state index in [2.05, 4.69) is 15.3 Å². The summed E-state index contributed by atoms with van der Waals surface area (Å²) in [4.78, 5) is 23.4. The summed E-state index contributed by atoms with van der Waals surface area (Å²) in [5.41, 5.74) is 1.27. The number of ether oxygens (including phenoxy) is 2. The summed E-state index contributed by atoms with van der Waals surface area (Å²) >= 11 is 0. The molecule has 2 heterocycles. The van der Waals surface area contributed by atoms with Crippen LogP contribution in [0.5, 0.6) is 5.75 Å². The Kier molecular flexibility index (Phi) is 4.80. The Morgan fingerprint density at radius 1 is 1.33 bits per heavy atom. The average molecular weight is 330 g/mol. The highest BCUT2D eigenvalue weighted by Crippen LogP contribution is 2.26. The average Bonchev–Trinajstić information content (AvgIpc) is 2.60. The Hall–Kier alpha value is -2.41. The normalized spacial score (nSPS) is 14.9. The molecule has 1 aliphatic rings. The quantitative estimate of drug-likeness (QED) is 0.923. The number of hydrogen-bond donors (Lipinski definition) is 1. The maximum Gasteiger partial charge on any atom is 0.257 e. The van der Waals surface area contributed by atoms with Crippen molar-refractivity contribution in [3.05, 3.63) is 23.9 Å². The Morgan fingerprint density at radius 3 is 2.75 bits per heavy atom. The van der Waals surface area contributed by atoms with Crippen LogP contribution in [0.4, 0.5) is 5.95 Å². The van der Waals surface area contributed by atoms with Crippen LogP contribution >= 0.6 is 0 Å². The van der Waals surface area contributed by atoms with E-state index in [1.54, 1.807) is 30.3 Å². The first-order chi connectivity index (χ1) is 11.6. The number of fused-ring (bicyclic) bond motifs is 1. The first-order valence-corrected chi connectivity index (χ1v) is 8.07. The van der Waals surface area contributed by atoms with Crippen LogP contribution < -0.4 is 10.1 Å². The minimum atomic E-state index is -0.0542. The van der Waals surface area contributed by atoms with Gasteiger partial charge in [0.1, 0.15) is 5.75 Å². The van der Waals surface area contributed by atoms with Crippen LogP contribution in [0.25, 0.3) is 10.9 Å². The number of amides is 1. The van der Waals surface area contributed by atoms with Gasteiger partial charge in [0, 0.05) is 36.8 Å². The molecule has 1 aliphatic heterocycles. The molecule has 24 heavy (non-hydrogen) atoms.